The van der Waals surface area contributed by atoms with Crippen molar-refractivity contribution >= 4 is 22.6 Å². The lowest BCUT2D eigenvalue weighted by molar-refractivity contribution is -0.121. The van der Waals surface area contributed by atoms with Crippen LogP contribution in [0.1, 0.15) is 33.9 Å². The first kappa shape index (κ1) is 19.3. The first-order chi connectivity index (χ1) is 13.3. The maximum atomic E-state index is 12.5. The van der Waals surface area contributed by atoms with Crippen LogP contribution in [-0.4, -0.2) is 31.4 Å². The molecule has 9 heteroatoms. The van der Waals surface area contributed by atoms with Crippen LogP contribution in [0, 0.1) is 13.8 Å². The minimum absolute atomic E-state index is 0.0666. The van der Waals surface area contributed by atoms with Crippen molar-refractivity contribution in [1.82, 2.24) is 30.4 Å². The minimum atomic E-state index is -0.589. The molecule has 9 nitrogen and oxygen atoms in total. The number of carbonyl (C=O) groups excluding carboxylic acids is 2. The van der Waals surface area contributed by atoms with E-state index in [1.54, 1.807) is 28.9 Å². The van der Waals surface area contributed by atoms with Crippen LogP contribution in [0.15, 0.2) is 29.1 Å². The molecule has 146 valence electrons. The van der Waals surface area contributed by atoms with Gasteiger partial charge in [-0.05, 0) is 31.9 Å². The van der Waals surface area contributed by atoms with Gasteiger partial charge in [0, 0.05) is 31.6 Å². The predicted molar refractivity (Wildman–Crippen MR) is 104 cm³/mol. The van der Waals surface area contributed by atoms with Gasteiger partial charge in [-0.3, -0.25) is 29.9 Å². The zero-order chi connectivity index (χ0) is 20.4. The average Bonchev–Trinajstić information content (AvgIpc) is 2.92. The minimum Gasteiger partial charge on any atom is -0.273 e. The van der Waals surface area contributed by atoms with Gasteiger partial charge >= 0.3 is 0 Å². The van der Waals surface area contributed by atoms with Gasteiger partial charge in [0.25, 0.3) is 11.5 Å². The molecular weight excluding hydrogens is 360 g/mol. The molecular formula is C19H22N6O3. The summed E-state index contributed by atoms with van der Waals surface area (Å²) in [6.45, 7) is 3.85. The molecule has 0 bridgehead atoms. The molecule has 0 saturated carbocycles. The third-order valence-corrected chi connectivity index (χ3v) is 4.75. The van der Waals surface area contributed by atoms with Gasteiger partial charge in [0.2, 0.25) is 5.91 Å². The fourth-order valence-corrected chi connectivity index (χ4v) is 3.13. The van der Waals surface area contributed by atoms with E-state index < -0.39 is 5.91 Å². The molecule has 0 spiro atoms. The molecule has 2 amide bonds. The molecule has 0 radical (unpaired) electrons. The van der Waals surface area contributed by atoms with Gasteiger partial charge in [0.1, 0.15) is 0 Å². The van der Waals surface area contributed by atoms with Crippen molar-refractivity contribution in [2.24, 2.45) is 14.1 Å². The summed E-state index contributed by atoms with van der Waals surface area (Å²) in [5.41, 5.74) is 7.47. The van der Waals surface area contributed by atoms with E-state index in [9.17, 15) is 14.4 Å². The van der Waals surface area contributed by atoms with Gasteiger partial charge in [0.15, 0.2) is 5.69 Å². The first-order valence-corrected chi connectivity index (χ1v) is 8.84. The highest BCUT2D eigenvalue weighted by molar-refractivity contribution is 6.05. The van der Waals surface area contributed by atoms with E-state index >= 15 is 0 Å². The molecule has 2 aromatic heterocycles. The number of hydrogen-bond acceptors (Lipinski definition) is 5. The van der Waals surface area contributed by atoms with Gasteiger partial charge in [-0.15, -0.1) is 0 Å². The number of carbonyl (C=O) groups is 2. The van der Waals surface area contributed by atoms with Crippen LogP contribution in [0.2, 0.25) is 0 Å². The molecule has 0 aliphatic carbocycles. The molecule has 0 aliphatic rings. The molecule has 3 rings (SSSR count). The number of rotatable bonds is 4. The largest absolute Gasteiger partial charge is 0.290 e. The van der Waals surface area contributed by atoms with Gasteiger partial charge in [0.05, 0.1) is 11.1 Å². The van der Waals surface area contributed by atoms with Crippen LogP contribution in [0.5, 0.6) is 0 Å². The summed E-state index contributed by atoms with van der Waals surface area (Å²) in [7, 11) is 3.33. The van der Waals surface area contributed by atoms with Gasteiger partial charge in [-0.1, -0.05) is 18.2 Å². The lowest BCUT2D eigenvalue weighted by Gasteiger charge is -2.10. The lowest BCUT2D eigenvalue weighted by Crippen LogP contribution is -2.42. The Hall–Kier alpha value is -3.49. The van der Waals surface area contributed by atoms with Gasteiger partial charge < -0.3 is 0 Å². The maximum Gasteiger partial charge on any atom is 0.290 e. The molecule has 28 heavy (non-hydrogen) atoms. The van der Waals surface area contributed by atoms with E-state index in [1.807, 2.05) is 20.9 Å². The molecule has 0 unspecified atom stereocenters. The SMILES string of the molecule is Cc1nn(C)c(C)c1CCC(=O)NNC(=O)c1nn(C)c(=O)c2ccccc12. The maximum absolute atomic E-state index is 12.5. The Morgan fingerprint density at radius 1 is 1.00 bits per heavy atom. The number of fused-ring (bicyclic) bond motifs is 1. The normalized spacial score (nSPS) is 10.9. The number of aromatic nitrogens is 4. The Morgan fingerprint density at radius 3 is 2.32 bits per heavy atom. The Kier molecular flexibility index (Phi) is 5.25. The summed E-state index contributed by atoms with van der Waals surface area (Å²) in [4.78, 5) is 36.8. The number of amides is 2. The van der Waals surface area contributed by atoms with E-state index in [1.165, 1.54) is 7.05 Å². The van der Waals surface area contributed by atoms with E-state index in [-0.39, 0.29) is 23.6 Å². The predicted octanol–water partition coefficient (Wildman–Crippen LogP) is 0.678. The van der Waals surface area contributed by atoms with Crippen LogP contribution in [-0.2, 0) is 25.3 Å². The Morgan fingerprint density at radius 2 is 1.68 bits per heavy atom. The fourth-order valence-electron chi connectivity index (χ4n) is 3.13. The van der Waals surface area contributed by atoms with Crippen molar-refractivity contribution in [3.05, 3.63) is 57.3 Å². The van der Waals surface area contributed by atoms with Crippen LogP contribution in [0.25, 0.3) is 10.8 Å². The summed E-state index contributed by atoms with van der Waals surface area (Å²) >= 11 is 0. The van der Waals surface area contributed by atoms with Crippen molar-refractivity contribution in [2.75, 3.05) is 0 Å². The Bertz CT molecular complexity index is 1130. The number of hydrogen-bond donors (Lipinski definition) is 2. The van der Waals surface area contributed by atoms with Crippen molar-refractivity contribution in [1.29, 1.82) is 0 Å². The summed E-state index contributed by atoms with van der Waals surface area (Å²) in [5.74, 6) is -0.918. The highest BCUT2D eigenvalue weighted by Gasteiger charge is 2.17. The van der Waals surface area contributed by atoms with Gasteiger partial charge in [-0.25, -0.2) is 4.68 Å². The smallest absolute Gasteiger partial charge is 0.273 e. The number of benzene rings is 1. The molecule has 0 fully saturated rings. The summed E-state index contributed by atoms with van der Waals surface area (Å²) < 4.78 is 2.88. The Labute approximate surface area is 161 Å². The van der Waals surface area contributed by atoms with Crippen molar-refractivity contribution in [3.63, 3.8) is 0 Å². The second-order valence-corrected chi connectivity index (χ2v) is 6.60. The summed E-state index contributed by atoms with van der Waals surface area (Å²) in [5, 5.41) is 9.17. The summed E-state index contributed by atoms with van der Waals surface area (Å²) in [6, 6.07) is 6.72. The highest BCUT2D eigenvalue weighted by atomic mass is 16.2. The Balaban J connectivity index is 1.67. The summed E-state index contributed by atoms with van der Waals surface area (Å²) in [6.07, 6.45) is 0.726. The third kappa shape index (κ3) is 3.64. The number of nitrogens with zero attached hydrogens (tertiary/aromatic N) is 4. The van der Waals surface area contributed by atoms with Crippen molar-refractivity contribution in [2.45, 2.75) is 26.7 Å². The second-order valence-electron chi connectivity index (χ2n) is 6.60. The van der Waals surface area contributed by atoms with Crippen LogP contribution in [0.3, 0.4) is 0 Å². The van der Waals surface area contributed by atoms with E-state index in [4.69, 9.17) is 0 Å². The standard InChI is InChI=1S/C19H22N6O3/c1-11-13(12(2)24(3)22-11)9-10-16(26)20-21-18(27)17-14-7-5-6-8-15(14)19(28)25(4)23-17/h5-8H,9-10H2,1-4H3,(H,20,26)(H,21,27). The van der Waals surface area contributed by atoms with E-state index in [0.29, 0.717) is 17.2 Å². The molecule has 3 aromatic rings. The highest BCUT2D eigenvalue weighted by Crippen LogP contribution is 2.14. The average molecular weight is 382 g/mol. The second kappa shape index (κ2) is 7.63. The van der Waals surface area contributed by atoms with E-state index in [0.717, 1.165) is 21.6 Å². The molecule has 1 aromatic carbocycles. The number of aryl methyl sites for hydroxylation is 3. The lowest BCUT2D eigenvalue weighted by atomic mass is 10.1. The van der Waals surface area contributed by atoms with Crippen LogP contribution in [0.4, 0.5) is 0 Å². The van der Waals surface area contributed by atoms with Crippen LogP contribution < -0.4 is 16.4 Å². The topological polar surface area (TPSA) is 111 Å². The van der Waals surface area contributed by atoms with Crippen molar-refractivity contribution in [3.8, 4) is 0 Å². The quantitative estimate of drug-likeness (QED) is 0.645. The van der Waals surface area contributed by atoms with Crippen LogP contribution >= 0.6 is 0 Å². The zero-order valence-electron chi connectivity index (χ0n) is 16.2. The molecule has 2 N–H and O–H groups in total. The van der Waals surface area contributed by atoms with Crippen molar-refractivity contribution < 1.29 is 9.59 Å². The first-order valence-electron chi connectivity index (χ1n) is 8.84. The monoisotopic (exact) mass is 382 g/mol. The van der Waals surface area contributed by atoms with E-state index in [2.05, 4.69) is 21.0 Å². The number of hydrazine groups is 1. The molecule has 0 aliphatic heterocycles. The number of nitrogens with one attached hydrogen (secondary N) is 2. The molecule has 0 saturated heterocycles. The zero-order valence-corrected chi connectivity index (χ0v) is 16.2. The van der Waals surface area contributed by atoms with Gasteiger partial charge in [-0.2, -0.15) is 10.2 Å². The third-order valence-electron chi connectivity index (χ3n) is 4.75. The molecule has 0 atom stereocenters. The fraction of sp³-hybridized carbons (Fsp3) is 0.316. The molecule has 2 heterocycles.